The van der Waals surface area contributed by atoms with Crippen LogP contribution in [0.1, 0.15) is 24.8 Å². The third-order valence-electron chi connectivity index (χ3n) is 6.65. The van der Waals surface area contributed by atoms with Crippen LogP contribution in [0.5, 0.6) is 0 Å². The molecule has 1 unspecified atom stereocenters. The number of carbonyl (C=O) groups is 2. The summed E-state index contributed by atoms with van der Waals surface area (Å²) >= 11 is 0. The summed E-state index contributed by atoms with van der Waals surface area (Å²) in [6, 6.07) is 10.6. The van der Waals surface area contributed by atoms with Crippen LogP contribution in [0.4, 0.5) is 0 Å². The maximum absolute atomic E-state index is 13.0. The van der Waals surface area contributed by atoms with Gasteiger partial charge in [-0.2, -0.15) is 0 Å². The lowest BCUT2D eigenvalue weighted by Crippen LogP contribution is -2.44. The summed E-state index contributed by atoms with van der Waals surface area (Å²) in [5, 5.41) is 0. The number of rotatable bonds is 6. The Kier molecular flexibility index (Phi) is 6.82. The second-order valence-corrected chi connectivity index (χ2v) is 8.65. The van der Waals surface area contributed by atoms with Crippen molar-refractivity contribution < 1.29 is 14.3 Å². The Morgan fingerprint density at radius 3 is 2.45 bits per heavy atom. The van der Waals surface area contributed by atoms with Crippen LogP contribution in [0.2, 0.25) is 0 Å². The Bertz CT molecular complexity index is 682. The van der Waals surface area contributed by atoms with Crippen LogP contribution < -0.4 is 0 Å². The molecule has 3 aliphatic rings. The molecule has 1 atom stereocenters. The van der Waals surface area contributed by atoms with Gasteiger partial charge in [0.05, 0.1) is 19.1 Å². The van der Waals surface area contributed by atoms with Crippen LogP contribution in [0.3, 0.4) is 0 Å². The zero-order valence-electron chi connectivity index (χ0n) is 17.3. The number of ether oxygens (including phenoxy) is 1. The lowest BCUT2D eigenvalue weighted by molar-refractivity contribution is -0.137. The first-order chi connectivity index (χ1) is 14.2. The van der Waals surface area contributed by atoms with E-state index in [2.05, 4.69) is 35.2 Å². The van der Waals surface area contributed by atoms with E-state index in [1.54, 1.807) is 0 Å². The molecule has 6 nitrogen and oxygen atoms in total. The maximum Gasteiger partial charge on any atom is 0.227 e. The molecule has 0 bridgehead atoms. The zero-order valence-corrected chi connectivity index (χ0v) is 17.3. The average molecular weight is 400 g/mol. The maximum atomic E-state index is 13.0. The predicted molar refractivity (Wildman–Crippen MR) is 111 cm³/mol. The number of piperidine rings is 1. The molecule has 0 aliphatic carbocycles. The van der Waals surface area contributed by atoms with Gasteiger partial charge < -0.3 is 14.5 Å². The van der Waals surface area contributed by atoms with E-state index in [-0.39, 0.29) is 17.7 Å². The Balaban J connectivity index is 1.21. The third kappa shape index (κ3) is 5.37. The number of amides is 2. The Labute approximate surface area is 173 Å². The van der Waals surface area contributed by atoms with Crippen LogP contribution in [0.15, 0.2) is 30.3 Å². The summed E-state index contributed by atoms with van der Waals surface area (Å²) in [4.78, 5) is 31.6. The van der Waals surface area contributed by atoms with E-state index in [0.29, 0.717) is 18.9 Å². The normalized spacial score (nSPS) is 24.3. The molecular formula is C23H33N3O3. The fraction of sp³-hybridized carbons (Fsp3) is 0.652. The zero-order chi connectivity index (χ0) is 20.1. The van der Waals surface area contributed by atoms with E-state index in [4.69, 9.17) is 4.74 Å². The largest absolute Gasteiger partial charge is 0.379 e. The summed E-state index contributed by atoms with van der Waals surface area (Å²) < 4.78 is 5.38. The van der Waals surface area contributed by atoms with E-state index in [0.717, 1.165) is 71.7 Å². The summed E-state index contributed by atoms with van der Waals surface area (Å²) in [7, 11) is 0. The van der Waals surface area contributed by atoms with E-state index in [9.17, 15) is 9.59 Å². The highest BCUT2D eigenvalue weighted by atomic mass is 16.5. The van der Waals surface area contributed by atoms with Gasteiger partial charge >= 0.3 is 0 Å². The van der Waals surface area contributed by atoms with Crippen molar-refractivity contribution >= 4 is 11.8 Å². The quantitative estimate of drug-likeness (QED) is 0.730. The lowest BCUT2D eigenvalue weighted by Gasteiger charge is -2.33. The molecule has 6 heteroatoms. The first-order valence-corrected chi connectivity index (χ1v) is 11.1. The second kappa shape index (κ2) is 9.72. The van der Waals surface area contributed by atoms with Crippen molar-refractivity contribution in [3.05, 3.63) is 35.9 Å². The predicted octanol–water partition coefficient (Wildman–Crippen LogP) is 1.65. The minimum atomic E-state index is -0.155. The van der Waals surface area contributed by atoms with Crippen molar-refractivity contribution in [2.24, 2.45) is 11.8 Å². The number of hydrogen-bond acceptors (Lipinski definition) is 4. The molecule has 158 valence electrons. The minimum Gasteiger partial charge on any atom is -0.379 e. The van der Waals surface area contributed by atoms with Gasteiger partial charge in [0, 0.05) is 52.2 Å². The van der Waals surface area contributed by atoms with Gasteiger partial charge in [-0.05, 0) is 30.7 Å². The minimum absolute atomic E-state index is 0.135. The fourth-order valence-electron chi connectivity index (χ4n) is 4.80. The van der Waals surface area contributed by atoms with Gasteiger partial charge in [-0.3, -0.25) is 14.5 Å². The molecule has 3 aliphatic heterocycles. The molecule has 0 radical (unpaired) electrons. The van der Waals surface area contributed by atoms with Crippen molar-refractivity contribution in [3.63, 3.8) is 0 Å². The molecule has 3 saturated heterocycles. The van der Waals surface area contributed by atoms with Crippen molar-refractivity contribution in [3.8, 4) is 0 Å². The van der Waals surface area contributed by atoms with Crippen LogP contribution in [-0.4, -0.2) is 85.5 Å². The second-order valence-electron chi connectivity index (χ2n) is 8.65. The van der Waals surface area contributed by atoms with Crippen LogP contribution in [0.25, 0.3) is 0 Å². The Morgan fingerprint density at radius 2 is 1.72 bits per heavy atom. The van der Waals surface area contributed by atoms with Crippen molar-refractivity contribution in [2.75, 3.05) is 59.0 Å². The van der Waals surface area contributed by atoms with Gasteiger partial charge in [0.15, 0.2) is 0 Å². The third-order valence-corrected chi connectivity index (χ3v) is 6.65. The van der Waals surface area contributed by atoms with E-state index < -0.39 is 0 Å². The molecule has 3 heterocycles. The molecule has 29 heavy (non-hydrogen) atoms. The number of nitrogens with zero attached hydrogens (tertiary/aromatic N) is 3. The lowest BCUT2D eigenvalue weighted by atomic mass is 9.89. The standard InChI is InChI=1S/C23H33N3O3/c27-22-17-21(18-26(22)11-10-24-12-14-29-15-13-24)23(28)25-8-6-20(7-9-25)16-19-4-2-1-3-5-19/h1-5,20-21H,6-18H2. The Morgan fingerprint density at radius 1 is 1.00 bits per heavy atom. The van der Waals surface area contributed by atoms with Crippen LogP contribution >= 0.6 is 0 Å². The van der Waals surface area contributed by atoms with Crippen molar-refractivity contribution in [2.45, 2.75) is 25.7 Å². The summed E-state index contributed by atoms with van der Waals surface area (Å²) in [6.45, 7) is 7.26. The molecule has 4 rings (SSSR count). The first kappa shape index (κ1) is 20.4. The molecule has 0 N–H and O–H groups in total. The highest BCUT2D eigenvalue weighted by molar-refractivity contribution is 5.89. The van der Waals surface area contributed by atoms with Crippen molar-refractivity contribution in [1.82, 2.24) is 14.7 Å². The summed E-state index contributed by atoms with van der Waals surface area (Å²) in [5.41, 5.74) is 1.38. The smallest absolute Gasteiger partial charge is 0.227 e. The number of morpholine rings is 1. The van der Waals surface area contributed by atoms with E-state index >= 15 is 0 Å². The van der Waals surface area contributed by atoms with Crippen LogP contribution in [0, 0.1) is 11.8 Å². The molecular weight excluding hydrogens is 366 g/mol. The number of benzene rings is 1. The number of hydrogen-bond donors (Lipinski definition) is 0. The van der Waals surface area contributed by atoms with E-state index in [1.807, 2.05) is 9.80 Å². The SMILES string of the molecule is O=C1CC(C(=O)N2CCC(Cc3ccccc3)CC2)CN1CCN1CCOCC1. The van der Waals surface area contributed by atoms with Gasteiger partial charge in [-0.15, -0.1) is 0 Å². The highest BCUT2D eigenvalue weighted by Gasteiger charge is 2.37. The van der Waals surface area contributed by atoms with Gasteiger partial charge in [0.1, 0.15) is 0 Å². The number of carbonyl (C=O) groups excluding carboxylic acids is 2. The van der Waals surface area contributed by atoms with Gasteiger partial charge in [-0.25, -0.2) is 0 Å². The average Bonchev–Trinajstić information content (AvgIpc) is 3.14. The molecule has 0 spiro atoms. The first-order valence-electron chi connectivity index (χ1n) is 11.1. The summed E-state index contributed by atoms with van der Waals surface area (Å²) in [5.74, 6) is 0.815. The molecule has 0 saturated carbocycles. The summed E-state index contributed by atoms with van der Waals surface area (Å²) in [6.07, 6.45) is 3.59. The topological polar surface area (TPSA) is 53.1 Å². The number of likely N-dealkylation sites (tertiary alicyclic amines) is 2. The van der Waals surface area contributed by atoms with Gasteiger partial charge in [0.2, 0.25) is 11.8 Å². The molecule has 2 amide bonds. The molecule has 3 fully saturated rings. The van der Waals surface area contributed by atoms with Crippen LogP contribution in [-0.2, 0) is 20.7 Å². The monoisotopic (exact) mass is 399 g/mol. The molecule has 1 aromatic rings. The van der Waals surface area contributed by atoms with Crippen molar-refractivity contribution in [1.29, 1.82) is 0 Å². The van der Waals surface area contributed by atoms with Gasteiger partial charge in [-0.1, -0.05) is 30.3 Å². The fourth-order valence-corrected chi connectivity index (χ4v) is 4.80. The highest BCUT2D eigenvalue weighted by Crippen LogP contribution is 2.26. The van der Waals surface area contributed by atoms with E-state index in [1.165, 1.54) is 5.56 Å². The Hall–Kier alpha value is -1.92. The molecule has 0 aromatic heterocycles. The molecule has 1 aromatic carbocycles. The van der Waals surface area contributed by atoms with Gasteiger partial charge in [0.25, 0.3) is 0 Å².